The van der Waals surface area contributed by atoms with Gasteiger partial charge in [0.15, 0.2) is 0 Å². The van der Waals surface area contributed by atoms with E-state index in [1.54, 1.807) is 35.6 Å². The zero-order valence-corrected chi connectivity index (χ0v) is 18.3. The van der Waals surface area contributed by atoms with Crippen molar-refractivity contribution in [1.29, 1.82) is 0 Å². The third-order valence-corrected chi connectivity index (χ3v) is 6.60. The lowest BCUT2D eigenvalue weighted by molar-refractivity contribution is 0.627. The fourth-order valence-electron chi connectivity index (χ4n) is 3.29. The quantitative estimate of drug-likeness (QED) is 0.229. The Morgan fingerprint density at radius 2 is 1.25 bits per heavy atom. The first-order valence-electron chi connectivity index (χ1n) is 9.80. The summed E-state index contributed by atoms with van der Waals surface area (Å²) in [6, 6.07) is 20.8. The molecule has 0 spiro atoms. The van der Waals surface area contributed by atoms with Crippen molar-refractivity contribution in [2.45, 2.75) is 0 Å². The number of hydrogen-bond acceptors (Lipinski definition) is 2. The minimum absolute atomic E-state index is 0.252. The van der Waals surface area contributed by atoms with E-state index < -0.39 is 0 Å². The van der Waals surface area contributed by atoms with Gasteiger partial charge in [0.1, 0.15) is 11.6 Å². The molecule has 0 amide bonds. The maximum Gasteiger partial charge on any atom is 0.123 e. The first-order valence-corrected chi connectivity index (χ1v) is 11.6. The standard InChI is InChI=1S/C28H14F2S2/c29-24-8-1-19(2-9-24)3-12-27-21(13-15-31-27)4-5-22-17-23(18-28-26(22)14-16-32-28)20-6-10-25(30)11-7-20/h1-2,6-11,13-18H. The van der Waals surface area contributed by atoms with Crippen LogP contribution in [0.4, 0.5) is 8.78 Å². The predicted octanol–water partition coefficient (Wildman–Crippen LogP) is 7.71. The molecule has 0 aliphatic rings. The van der Waals surface area contributed by atoms with Crippen LogP contribution >= 0.6 is 22.7 Å². The van der Waals surface area contributed by atoms with Crippen molar-refractivity contribution in [3.8, 4) is 34.8 Å². The Morgan fingerprint density at radius 1 is 0.562 bits per heavy atom. The molecular weight excluding hydrogens is 438 g/mol. The van der Waals surface area contributed by atoms with Gasteiger partial charge in [0, 0.05) is 21.2 Å². The molecule has 0 bridgehead atoms. The molecule has 5 rings (SSSR count). The molecule has 0 atom stereocenters. The molecule has 152 valence electrons. The Morgan fingerprint density at radius 3 is 2.03 bits per heavy atom. The first kappa shape index (κ1) is 20.2. The van der Waals surface area contributed by atoms with Crippen LogP contribution < -0.4 is 0 Å². The molecule has 0 aliphatic carbocycles. The van der Waals surface area contributed by atoms with E-state index in [2.05, 4.69) is 41.2 Å². The van der Waals surface area contributed by atoms with Crippen LogP contribution in [0.15, 0.2) is 83.6 Å². The molecule has 0 radical (unpaired) electrons. The lowest BCUT2D eigenvalue weighted by Gasteiger charge is -2.04. The topological polar surface area (TPSA) is 0 Å². The van der Waals surface area contributed by atoms with Gasteiger partial charge < -0.3 is 0 Å². The number of benzene rings is 3. The summed E-state index contributed by atoms with van der Waals surface area (Å²) in [7, 11) is 0. The second-order valence-corrected chi connectivity index (χ2v) is 8.90. The van der Waals surface area contributed by atoms with Crippen molar-refractivity contribution in [3.05, 3.63) is 117 Å². The third-order valence-electron chi connectivity index (χ3n) is 4.91. The molecule has 0 saturated carbocycles. The van der Waals surface area contributed by atoms with Crippen molar-refractivity contribution in [2.24, 2.45) is 0 Å². The Balaban J connectivity index is 1.51. The fraction of sp³-hybridized carbons (Fsp3) is 0. The van der Waals surface area contributed by atoms with Crippen LogP contribution in [0.1, 0.15) is 21.6 Å². The molecular formula is C28H14F2S2. The molecule has 0 unspecified atom stereocenters. The van der Waals surface area contributed by atoms with Gasteiger partial charge in [-0.25, -0.2) is 8.78 Å². The van der Waals surface area contributed by atoms with Gasteiger partial charge in [-0.15, -0.1) is 22.7 Å². The monoisotopic (exact) mass is 452 g/mol. The summed E-state index contributed by atoms with van der Waals surface area (Å²) in [6.07, 6.45) is 0. The Kier molecular flexibility index (Phi) is 5.57. The zero-order valence-electron chi connectivity index (χ0n) is 16.7. The number of hydrogen-bond donors (Lipinski definition) is 0. The van der Waals surface area contributed by atoms with Crippen LogP contribution in [0.25, 0.3) is 21.2 Å². The molecule has 0 aliphatic heterocycles. The van der Waals surface area contributed by atoms with Crippen LogP contribution in [-0.2, 0) is 0 Å². The van der Waals surface area contributed by atoms with Crippen molar-refractivity contribution in [2.75, 3.05) is 0 Å². The smallest absolute Gasteiger partial charge is 0.123 e. The van der Waals surface area contributed by atoms with Gasteiger partial charge >= 0.3 is 0 Å². The summed E-state index contributed by atoms with van der Waals surface area (Å²) in [6.45, 7) is 0. The van der Waals surface area contributed by atoms with Crippen molar-refractivity contribution < 1.29 is 8.78 Å². The normalized spacial score (nSPS) is 10.3. The maximum absolute atomic E-state index is 13.3. The highest BCUT2D eigenvalue weighted by molar-refractivity contribution is 7.17. The van der Waals surface area contributed by atoms with E-state index in [0.717, 1.165) is 42.8 Å². The van der Waals surface area contributed by atoms with Crippen molar-refractivity contribution in [3.63, 3.8) is 0 Å². The minimum Gasteiger partial charge on any atom is -0.207 e. The van der Waals surface area contributed by atoms with Gasteiger partial charge in [0.05, 0.1) is 10.4 Å². The molecule has 0 N–H and O–H groups in total. The van der Waals surface area contributed by atoms with E-state index in [1.807, 2.05) is 17.5 Å². The molecule has 5 aromatic rings. The molecule has 0 fully saturated rings. The number of thiophene rings is 2. The lowest BCUT2D eigenvalue weighted by Crippen LogP contribution is -1.83. The van der Waals surface area contributed by atoms with Crippen LogP contribution in [-0.4, -0.2) is 0 Å². The fourth-order valence-corrected chi connectivity index (χ4v) is 4.83. The Hall–Kier alpha value is -3.70. The van der Waals surface area contributed by atoms with Crippen molar-refractivity contribution in [1.82, 2.24) is 0 Å². The summed E-state index contributed by atoms with van der Waals surface area (Å²) >= 11 is 3.19. The summed E-state index contributed by atoms with van der Waals surface area (Å²) < 4.78 is 27.6. The molecule has 2 heterocycles. The Labute approximate surface area is 192 Å². The highest BCUT2D eigenvalue weighted by Crippen LogP contribution is 2.31. The maximum atomic E-state index is 13.3. The van der Waals surface area contributed by atoms with Gasteiger partial charge in [0.2, 0.25) is 0 Å². The van der Waals surface area contributed by atoms with E-state index in [9.17, 15) is 8.78 Å². The Bertz CT molecular complexity index is 1530. The second-order valence-electron chi connectivity index (χ2n) is 7.03. The van der Waals surface area contributed by atoms with E-state index in [1.165, 1.54) is 35.6 Å². The first-order chi connectivity index (χ1) is 15.7. The van der Waals surface area contributed by atoms with Crippen LogP contribution in [0.2, 0.25) is 0 Å². The average Bonchev–Trinajstić information content (AvgIpc) is 3.47. The highest BCUT2D eigenvalue weighted by atomic mass is 32.1. The molecule has 0 nitrogen and oxygen atoms in total. The van der Waals surface area contributed by atoms with Gasteiger partial charge in [-0.1, -0.05) is 29.9 Å². The summed E-state index contributed by atoms with van der Waals surface area (Å²) in [5, 5.41) is 5.12. The van der Waals surface area contributed by atoms with E-state index >= 15 is 0 Å². The molecule has 3 aromatic carbocycles. The number of halogens is 2. The predicted molar refractivity (Wildman–Crippen MR) is 130 cm³/mol. The van der Waals surface area contributed by atoms with E-state index in [-0.39, 0.29) is 11.6 Å². The molecule has 0 saturated heterocycles. The van der Waals surface area contributed by atoms with Crippen LogP contribution in [0.5, 0.6) is 0 Å². The summed E-state index contributed by atoms with van der Waals surface area (Å²) in [4.78, 5) is 0.873. The van der Waals surface area contributed by atoms with Crippen LogP contribution in [0, 0.1) is 35.3 Å². The van der Waals surface area contributed by atoms with Gasteiger partial charge in [-0.2, -0.15) is 0 Å². The SMILES string of the molecule is Fc1ccc(C#Cc2sccc2C#Cc2cc(-c3ccc(F)cc3)cc3sccc23)cc1. The minimum atomic E-state index is -0.277. The molecule has 2 aromatic heterocycles. The van der Waals surface area contributed by atoms with E-state index in [4.69, 9.17) is 0 Å². The lowest BCUT2D eigenvalue weighted by atomic mass is 10.0. The third kappa shape index (κ3) is 4.34. The van der Waals surface area contributed by atoms with Gasteiger partial charge in [-0.3, -0.25) is 0 Å². The van der Waals surface area contributed by atoms with Crippen LogP contribution in [0.3, 0.4) is 0 Å². The average molecular weight is 453 g/mol. The van der Waals surface area contributed by atoms with E-state index in [0.29, 0.717) is 0 Å². The van der Waals surface area contributed by atoms with Crippen molar-refractivity contribution >= 4 is 32.8 Å². The second kappa shape index (κ2) is 8.81. The molecule has 32 heavy (non-hydrogen) atoms. The highest BCUT2D eigenvalue weighted by Gasteiger charge is 2.07. The molecule has 4 heteroatoms. The zero-order chi connectivity index (χ0) is 21.9. The number of fused-ring (bicyclic) bond motifs is 1. The summed E-state index contributed by atoms with van der Waals surface area (Å²) in [5.41, 5.74) is 4.50. The van der Waals surface area contributed by atoms with Gasteiger partial charge in [0.25, 0.3) is 0 Å². The largest absolute Gasteiger partial charge is 0.207 e. The number of rotatable bonds is 1. The summed E-state index contributed by atoms with van der Waals surface area (Å²) in [5.74, 6) is 12.3. The van der Waals surface area contributed by atoms with Gasteiger partial charge in [-0.05, 0) is 88.5 Å².